The van der Waals surface area contributed by atoms with Crippen molar-refractivity contribution in [1.29, 1.82) is 5.26 Å². The number of nitrogens with zero attached hydrogens (tertiary/aromatic N) is 1. The van der Waals surface area contributed by atoms with Crippen LogP contribution in [0.1, 0.15) is 18.9 Å². The van der Waals surface area contributed by atoms with Crippen LogP contribution in [0.25, 0.3) is 0 Å². The normalized spacial score (nSPS) is 23.1. The Morgan fingerprint density at radius 2 is 2.12 bits per heavy atom. The first-order valence-corrected chi connectivity index (χ1v) is 7.01. The van der Waals surface area contributed by atoms with Gasteiger partial charge in [-0.05, 0) is 30.4 Å². The Kier molecular flexibility index (Phi) is 3.18. The van der Waals surface area contributed by atoms with Gasteiger partial charge in [0.25, 0.3) is 0 Å². The van der Waals surface area contributed by atoms with E-state index in [4.69, 9.17) is 5.26 Å². The van der Waals surface area contributed by atoms with E-state index in [2.05, 4.69) is 11.6 Å². The molecule has 0 spiro atoms. The molecule has 0 saturated heterocycles. The predicted molar refractivity (Wildman–Crippen MR) is 63.6 cm³/mol. The standard InChI is InChI=1S/C12H14N2O2S/c1-9-6-11(9)8-14-17(15,16)12-5-3-2-4-10(12)7-13/h2-5,9,11,14H,6,8H2,1H3. The molecule has 0 heterocycles. The van der Waals surface area contributed by atoms with Gasteiger partial charge in [0.15, 0.2) is 0 Å². The van der Waals surface area contributed by atoms with Gasteiger partial charge in [0, 0.05) is 6.54 Å². The fraction of sp³-hybridized carbons (Fsp3) is 0.417. The SMILES string of the molecule is CC1CC1CNS(=O)(=O)c1ccccc1C#N. The van der Waals surface area contributed by atoms with Crippen molar-refractivity contribution in [2.24, 2.45) is 11.8 Å². The molecule has 1 aliphatic carbocycles. The van der Waals surface area contributed by atoms with Crippen LogP contribution in [0.4, 0.5) is 0 Å². The molecule has 1 aromatic rings. The van der Waals surface area contributed by atoms with Gasteiger partial charge in [-0.2, -0.15) is 5.26 Å². The first kappa shape index (κ1) is 12.1. The third kappa shape index (κ3) is 2.65. The highest BCUT2D eigenvalue weighted by atomic mass is 32.2. The zero-order chi connectivity index (χ0) is 12.5. The second-order valence-electron chi connectivity index (χ2n) is 4.43. The minimum absolute atomic E-state index is 0.0656. The van der Waals surface area contributed by atoms with Crippen LogP contribution in [-0.2, 0) is 10.0 Å². The average Bonchev–Trinajstić information content (AvgIpc) is 3.03. The molecule has 1 aliphatic rings. The third-order valence-electron chi connectivity index (χ3n) is 3.11. The zero-order valence-corrected chi connectivity index (χ0v) is 10.4. The van der Waals surface area contributed by atoms with E-state index in [-0.39, 0.29) is 10.5 Å². The summed E-state index contributed by atoms with van der Waals surface area (Å²) < 4.78 is 26.5. The number of benzene rings is 1. The summed E-state index contributed by atoms with van der Waals surface area (Å²) in [4.78, 5) is 0.0656. The summed E-state index contributed by atoms with van der Waals surface area (Å²) in [6, 6.07) is 8.13. The lowest BCUT2D eigenvalue weighted by Gasteiger charge is -2.07. The highest BCUT2D eigenvalue weighted by Crippen LogP contribution is 2.37. The Morgan fingerprint density at radius 1 is 1.47 bits per heavy atom. The van der Waals surface area contributed by atoms with Gasteiger partial charge < -0.3 is 0 Å². The van der Waals surface area contributed by atoms with Gasteiger partial charge in [-0.25, -0.2) is 13.1 Å². The Morgan fingerprint density at radius 3 is 2.71 bits per heavy atom. The summed E-state index contributed by atoms with van der Waals surface area (Å²) in [6.45, 7) is 2.56. The molecule has 0 aliphatic heterocycles. The Hall–Kier alpha value is -1.38. The van der Waals surface area contributed by atoms with Crippen molar-refractivity contribution in [2.75, 3.05) is 6.54 Å². The zero-order valence-electron chi connectivity index (χ0n) is 9.55. The fourth-order valence-electron chi connectivity index (χ4n) is 1.77. The van der Waals surface area contributed by atoms with Gasteiger partial charge in [-0.1, -0.05) is 19.1 Å². The van der Waals surface area contributed by atoms with E-state index in [0.29, 0.717) is 18.4 Å². The van der Waals surface area contributed by atoms with E-state index in [9.17, 15) is 8.42 Å². The average molecular weight is 250 g/mol. The highest BCUT2D eigenvalue weighted by molar-refractivity contribution is 7.89. The molecule has 2 unspecified atom stereocenters. The van der Waals surface area contributed by atoms with Crippen molar-refractivity contribution in [2.45, 2.75) is 18.2 Å². The van der Waals surface area contributed by atoms with Crippen molar-refractivity contribution in [3.8, 4) is 6.07 Å². The smallest absolute Gasteiger partial charge is 0.211 e. The molecular weight excluding hydrogens is 236 g/mol. The molecule has 90 valence electrons. The Bertz CT molecular complexity index is 560. The van der Waals surface area contributed by atoms with Crippen LogP contribution in [0.2, 0.25) is 0 Å². The van der Waals surface area contributed by atoms with E-state index in [1.165, 1.54) is 12.1 Å². The van der Waals surface area contributed by atoms with Gasteiger partial charge in [0.05, 0.1) is 10.5 Å². The second kappa shape index (κ2) is 4.47. The van der Waals surface area contributed by atoms with Crippen molar-refractivity contribution in [1.82, 2.24) is 4.72 Å². The third-order valence-corrected chi connectivity index (χ3v) is 4.59. The largest absolute Gasteiger partial charge is 0.241 e. The van der Waals surface area contributed by atoms with Crippen LogP contribution >= 0.6 is 0 Å². The number of nitriles is 1. The lowest BCUT2D eigenvalue weighted by molar-refractivity contribution is 0.574. The monoisotopic (exact) mass is 250 g/mol. The van der Waals surface area contributed by atoms with Crippen LogP contribution in [0.3, 0.4) is 0 Å². The molecule has 0 radical (unpaired) electrons. The Labute approximate surface area is 101 Å². The first-order valence-electron chi connectivity index (χ1n) is 5.53. The molecule has 2 atom stereocenters. The lowest BCUT2D eigenvalue weighted by Crippen LogP contribution is -2.26. The maximum absolute atomic E-state index is 12.0. The first-order chi connectivity index (χ1) is 8.04. The molecule has 1 fully saturated rings. The van der Waals surface area contributed by atoms with Crippen LogP contribution in [0.5, 0.6) is 0 Å². The molecular formula is C12H14N2O2S. The summed E-state index contributed by atoms with van der Waals surface area (Å²) in [5.74, 6) is 1.04. The number of hydrogen-bond donors (Lipinski definition) is 1. The summed E-state index contributed by atoms with van der Waals surface area (Å²) in [5.41, 5.74) is 0.184. The number of rotatable bonds is 4. The van der Waals surface area contributed by atoms with Gasteiger partial charge in [-0.15, -0.1) is 0 Å². The quantitative estimate of drug-likeness (QED) is 0.880. The summed E-state index contributed by atoms with van der Waals surface area (Å²) in [7, 11) is -3.55. The summed E-state index contributed by atoms with van der Waals surface area (Å²) >= 11 is 0. The molecule has 0 amide bonds. The van der Waals surface area contributed by atoms with Gasteiger partial charge in [0.1, 0.15) is 6.07 Å². The molecule has 2 rings (SSSR count). The van der Waals surface area contributed by atoms with Crippen LogP contribution < -0.4 is 4.72 Å². The molecule has 0 aromatic heterocycles. The van der Waals surface area contributed by atoms with Crippen molar-refractivity contribution in [3.05, 3.63) is 29.8 Å². The van der Waals surface area contributed by atoms with Gasteiger partial charge >= 0.3 is 0 Å². The maximum Gasteiger partial charge on any atom is 0.241 e. The number of nitrogens with one attached hydrogen (secondary N) is 1. The van der Waals surface area contributed by atoms with Crippen LogP contribution in [-0.4, -0.2) is 15.0 Å². The van der Waals surface area contributed by atoms with Crippen LogP contribution in [0, 0.1) is 23.2 Å². The van der Waals surface area contributed by atoms with E-state index in [1.54, 1.807) is 12.1 Å². The number of hydrogen-bond acceptors (Lipinski definition) is 3. The molecule has 5 heteroatoms. The minimum Gasteiger partial charge on any atom is -0.211 e. The lowest BCUT2D eigenvalue weighted by atomic mass is 10.2. The van der Waals surface area contributed by atoms with E-state index >= 15 is 0 Å². The van der Waals surface area contributed by atoms with E-state index in [1.807, 2.05) is 6.07 Å². The fourth-order valence-corrected chi connectivity index (χ4v) is 3.02. The van der Waals surface area contributed by atoms with Crippen molar-refractivity contribution < 1.29 is 8.42 Å². The summed E-state index contributed by atoms with van der Waals surface area (Å²) in [5, 5.41) is 8.87. The van der Waals surface area contributed by atoms with Gasteiger partial charge in [0.2, 0.25) is 10.0 Å². The van der Waals surface area contributed by atoms with Crippen molar-refractivity contribution in [3.63, 3.8) is 0 Å². The molecule has 1 N–H and O–H groups in total. The molecule has 4 nitrogen and oxygen atoms in total. The second-order valence-corrected chi connectivity index (χ2v) is 6.17. The topological polar surface area (TPSA) is 70.0 Å². The maximum atomic E-state index is 12.0. The minimum atomic E-state index is -3.55. The highest BCUT2D eigenvalue weighted by Gasteiger charge is 2.33. The molecule has 17 heavy (non-hydrogen) atoms. The molecule has 1 saturated carbocycles. The van der Waals surface area contributed by atoms with Crippen LogP contribution in [0.15, 0.2) is 29.2 Å². The van der Waals surface area contributed by atoms with E-state index in [0.717, 1.165) is 6.42 Å². The van der Waals surface area contributed by atoms with Crippen molar-refractivity contribution >= 4 is 10.0 Å². The summed E-state index contributed by atoms with van der Waals surface area (Å²) in [6.07, 6.45) is 1.07. The van der Waals surface area contributed by atoms with Gasteiger partial charge in [-0.3, -0.25) is 0 Å². The predicted octanol–water partition coefficient (Wildman–Crippen LogP) is 1.49. The molecule has 1 aromatic carbocycles. The van der Waals surface area contributed by atoms with E-state index < -0.39 is 10.0 Å². The number of sulfonamides is 1. The Balaban J connectivity index is 2.17. The molecule has 0 bridgehead atoms.